The summed E-state index contributed by atoms with van der Waals surface area (Å²) >= 11 is 6.41. The van der Waals surface area contributed by atoms with Gasteiger partial charge in [-0.1, -0.05) is 41.9 Å². The lowest BCUT2D eigenvalue weighted by atomic mass is 9.97. The van der Waals surface area contributed by atoms with Gasteiger partial charge in [0.1, 0.15) is 11.3 Å². The van der Waals surface area contributed by atoms with Gasteiger partial charge in [-0.2, -0.15) is 0 Å². The van der Waals surface area contributed by atoms with Crippen molar-refractivity contribution >= 4 is 28.5 Å². The molecule has 0 saturated carbocycles. The smallest absolute Gasteiger partial charge is 0.291 e. The van der Waals surface area contributed by atoms with E-state index in [2.05, 4.69) is 0 Å². The first-order chi connectivity index (χ1) is 15.9. The molecule has 0 bridgehead atoms. The summed E-state index contributed by atoms with van der Waals surface area (Å²) in [5.74, 6) is 0.383. The molecule has 1 unspecified atom stereocenters. The predicted molar refractivity (Wildman–Crippen MR) is 128 cm³/mol. The third-order valence-corrected chi connectivity index (χ3v) is 6.66. The fourth-order valence-corrected chi connectivity index (χ4v) is 4.60. The van der Waals surface area contributed by atoms with Crippen LogP contribution in [-0.2, 0) is 6.54 Å². The third kappa shape index (κ3) is 3.49. The van der Waals surface area contributed by atoms with Gasteiger partial charge in [0.2, 0.25) is 5.76 Å². The molecule has 33 heavy (non-hydrogen) atoms. The fourth-order valence-electron chi connectivity index (χ4n) is 4.41. The number of hydrogen-bond acceptors (Lipinski definition) is 4. The molecule has 1 aromatic heterocycles. The Morgan fingerprint density at radius 1 is 1.00 bits per heavy atom. The molecule has 1 aliphatic heterocycles. The van der Waals surface area contributed by atoms with E-state index in [0.717, 1.165) is 22.3 Å². The minimum Gasteiger partial charge on any atom is -0.497 e. The van der Waals surface area contributed by atoms with E-state index in [9.17, 15) is 9.59 Å². The molecule has 166 valence electrons. The first-order valence-corrected chi connectivity index (χ1v) is 11.0. The van der Waals surface area contributed by atoms with Crippen molar-refractivity contribution in [1.29, 1.82) is 0 Å². The van der Waals surface area contributed by atoms with Crippen molar-refractivity contribution in [2.75, 3.05) is 7.11 Å². The van der Waals surface area contributed by atoms with Crippen LogP contribution in [0.1, 0.15) is 44.4 Å². The lowest BCUT2D eigenvalue weighted by Gasteiger charge is -2.26. The zero-order chi connectivity index (χ0) is 23.3. The molecule has 0 aliphatic carbocycles. The number of amides is 1. The Bertz CT molecular complexity index is 1470. The van der Waals surface area contributed by atoms with Gasteiger partial charge in [-0.05, 0) is 66.4 Å². The Morgan fingerprint density at radius 2 is 1.76 bits per heavy atom. The maximum absolute atomic E-state index is 13.7. The third-order valence-electron chi connectivity index (χ3n) is 6.29. The summed E-state index contributed by atoms with van der Waals surface area (Å²) in [6, 6.07) is 17.8. The number of aryl methyl sites for hydroxylation is 2. The lowest BCUT2D eigenvalue weighted by molar-refractivity contribution is 0.0714. The van der Waals surface area contributed by atoms with Crippen molar-refractivity contribution < 1.29 is 13.9 Å². The van der Waals surface area contributed by atoms with E-state index in [1.807, 2.05) is 68.4 Å². The molecule has 5 rings (SSSR count). The standard InChI is InChI=1S/C27H22ClNO4/c1-15-11-20-22(12-16(15)2)33-26-23(25(20)30)24(17-8-6-9-19(13-17)32-3)29(27(26)31)14-18-7-4-5-10-21(18)28/h4-13,24H,14H2,1-3H3. The van der Waals surface area contributed by atoms with Crippen molar-refractivity contribution in [2.24, 2.45) is 0 Å². The quantitative estimate of drug-likeness (QED) is 0.386. The molecule has 2 heterocycles. The summed E-state index contributed by atoms with van der Waals surface area (Å²) in [6.45, 7) is 4.14. The Morgan fingerprint density at radius 3 is 2.52 bits per heavy atom. The highest BCUT2D eigenvalue weighted by atomic mass is 35.5. The number of nitrogens with zero attached hydrogens (tertiary/aromatic N) is 1. The maximum Gasteiger partial charge on any atom is 0.291 e. The van der Waals surface area contributed by atoms with Crippen LogP contribution < -0.4 is 10.2 Å². The molecule has 1 aliphatic rings. The second-order valence-corrected chi connectivity index (χ2v) is 8.72. The zero-order valence-corrected chi connectivity index (χ0v) is 19.3. The van der Waals surface area contributed by atoms with Gasteiger partial charge in [-0.25, -0.2) is 0 Å². The average molecular weight is 460 g/mol. The molecule has 3 aromatic carbocycles. The van der Waals surface area contributed by atoms with Gasteiger partial charge >= 0.3 is 0 Å². The molecule has 0 fully saturated rings. The van der Waals surface area contributed by atoms with Crippen molar-refractivity contribution in [3.63, 3.8) is 0 Å². The van der Waals surface area contributed by atoms with Crippen LogP contribution in [0, 0.1) is 13.8 Å². The number of fused-ring (bicyclic) bond motifs is 2. The summed E-state index contributed by atoms with van der Waals surface area (Å²) in [6.07, 6.45) is 0. The number of rotatable bonds is 4. The molecule has 1 atom stereocenters. The van der Waals surface area contributed by atoms with Crippen LogP contribution in [-0.4, -0.2) is 17.9 Å². The minimum absolute atomic E-state index is 0.0793. The average Bonchev–Trinajstić information content (AvgIpc) is 3.08. The van der Waals surface area contributed by atoms with Gasteiger partial charge in [0.15, 0.2) is 5.43 Å². The van der Waals surface area contributed by atoms with Gasteiger partial charge in [0.25, 0.3) is 5.91 Å². The molecule has 5 nitrogen and oxygen atoms in total. The van der Waals surface area contributed by atoms with Crippen LogP contribution in [0.2, 0.25) is 5.02 Å². The summed E-state index contributed by atoms with van der Waals surface area (Å²) in [4.78, 5) is 29.0. The highest BCUT2D eigenvalue weighted by molar-refractivity contribution is 6.31. The van der Waals surface area contributed by atoms with Crippen molar-refractivity contribution in [3.05, 3.63) is 109 Å². The Kier molecular flexibility index (Phi) is 5.22. The number of carbonyl (C=O) groups excluding carboxylic acids is 1. The number of methoxy groups -OCH3 is 1. The summed E-state index contributed by atoms with van der Waals surface area (Å²) < 4.78 is 11.5. The van der Waals surface area contributed by atoms with E-state index in [0.29, 0.717) is 27.3 Å². The van der Waals surface area contributed by atoms with Crippen LogP contribution in [0.3, 0.4) is 0 Å². The molecule has 0 radical (unpaired) electrons. The Hall–Kier alpha value is -3.57. The Balaban J connectivity index is 1.76. The second-order valence-electron chi connectivity index (χ2n) is 8.31. The first kappa shape index (κ1) is 21.3. The topological polar surface area (TPSA) is 59.8 Å². The first-order valence-electron chi connectivity index (χ1n) is 10.7. The highest BCUT2D eigenvalue weighted by Gasteiger charge is 2.43. The molecule has 0 saturated heterocycles. The Labute approximate surface area is 196 Å². The van der Waals surface area contributed by atoms with E-state index in [-0.39, 0.29) is 23.6 Å². The minimum atomic E-state index is -0.624. The van der Waals surface area contributed by atoms with Crippen LogP contribution in [0.4, 0.5) is 0 Å². The van der Waals surface area contributed by atoms with Gasteiger partial charge in [-0.3, -0.25) is 9.59 Å². The van der Waals surface area contributed by atoms with Gasteiger partial charge in [0, 0.05) is 11.6 Å². The van der Waals surface area contributed by atoms with Crippen LogP contribution in [0.15, 0.2) is 69.9 Å². The fraction of sp³-hybridized carbons (Fsp3) is 0.185. The number of benzene rings is 3. The largest absolute Gasteiger partial charge is 0.497 e. The summed E-state index contributed by atoms with van der Waals surface area (Å²) in [5.41, 5.74) is 4.10. The summed E-state index contributed by atoms with van der Waals surface area (Å²) in [7, 11) is 1.58. The number of ether oxygens (including phenoxy) is 1. The molecule has 6 heteroatoms. The molecule has 1 amide bonds. The number of carbonyl (C=O) groups is 1. The van der Waals surface area contributed by atoms with E-state index in [1.165, 1.54) is 0 Å². The second kappa shape index (κ2) is 8.09. The van der Waals surface area contributed by atoms with E-state index in [1.54, 1.807) is 18.1 Å². The number of halogens is 1. The lowest BCUT2D eigenvalue weighted by Crippen LogP contribution is -2.29. The van der Waals surface area contributed by atoms with Crippen molar-refractivity contribution in [1.82, 2.24) is 4.90 Å². The van der Waals surface area contributed by atoms with E-state index >= 15 is 0 Å². The molecule has 0 N–H and O–H groups in total. The van der Waals surface area contributed by atoms with Gasteiger partial charge < -0.3 is 14.1 Å². The zero-order valence-electron chi connectivity index (χ0n) is 18.5. The van der Waals surface area contributed by atoms with Crippen LogP contribution in [0.25, 0.3) is 11.0 Å². The highest BCUT2D eigenvalue weighted by Crippen LogP contribution is 2.40. The SMILES string of the molecule is COc1cccc(C2c3c(oc4cc(C)c(C)cc4c3=O)C(=O)N2Cc2ccccc2Cl)c1. The van der Waals surface area contributed by atoms with E-state index < -0.39 is 6.04 Å². The predicted octanol–water partition coefficient (Wildman–Crippen LogP) is 5.82. The molecular formula is C27H22ClNO4. The van der Waals surface area contributed by atoms with Gasteiger partial charge in [-0.15, -0.1) is 0 Å². The van der Waals surface area contributed by atoms with E-state index in [4.69, 9.17) is 20.8 Å². The van der Waals surface area contributed by atoms with Crippen molar-refractivity contribution in [2.45, 2.75) is 26.4 Å². The number of hydrogen-bond donors (Lipinski definition) is 0. The van der Waals surface area contributed by atoms with Crippen molar-refractivity contribution in [3.8, 4) is 5.75 Å². The van der Waals surface area contributed by atoms with Crippen LogP contribution >= 0.6 is 11.6 Å². The van der Waals surface area contributed by atoms with Gasteiger partial charge in [0.05, 0.1) is 24.1 Å². The summed E-state index contributed by atoms with van der Waals surface area (Å²) in [5, 5.41) is 1.03. The maximum atomic E-state index is 13.7. The van der Waals surface area contributed by atoms with Crippen LogP contribution in [0.5, 0.6) is 5.75 Å². The monoisotopic (exact) mass is 459 g/mol. The molecular weight excluding hydrogens is 438 g/mol. The normalized spacial score (nSPS) is 15.2. The molecule has 4 aromatic rings. The molecule has 0 spiro atoms.